The Bertz CT molecular complexity index is 1960. The molecule has 0 bridgehead atoms. The molecule has 2 aliphatic heterocycles. The first-order valence-electron chi connectivity index (χ1n) is 15.1. The molecule has 4 heterocycles. The maximum Gasteiger partial charge on any atom is 0.276 e. The summed E-state index contributed by atoms with van der Waals surface area (Å²) >= 11 is 12.5. The molecule has 14 heteroatoms. The van der Waals surface area contributed by atoms with Gasteiger partial charge in [-0.1, -0.05) is 29.3 Å². The van der Waals surface area contributed by atoms with Crippen LogP contribution in [0.4, 0.5) is 17.6 Å². The van der Waals surface area contributed by atoms with E-state index in [1.807, 2.05) is 12.2 Å². The molecule has 8 nitrogen and oxygen atoms in total. The van der Waals surface area contributed by atoms with Crippen LogP contribution in [0, 0.1) is 23.3 Å². The van der Waals surface area contributed by atoms with E-state index in [4.69, 9.17) is 27.9 Å². The Balaban J connectivity index is 0.000000167. The number of nitrogens with zero attached hydrogens (tertiary/aromatic N) is 4. The third-order valence-corrected chi connectivity index (χ3v) is 9.18. The third-order valence-electron chi connectivity index (χ3n) is 8.41. The minimum atomic E-state index is -1.08. The lowest BCUT2D eigenvalue weighted by Crippen LogP contribution is -2.27. The van der Waals surface area contributed by atoms with Gasteiger partial charge in [-0.25, -0.2) is 26.9 Å². The Kier molecular flexibility index (Phi) is 9.11. The molecule has 7 rings (SSSR count). The second-order valence-electron chi connectivity index (χ2n) is 11.4. The molecule has 0 fully saturated rings. The zero-order valence-corrected chi connectivity index (χ0v) is 26.1. The zero-order chi connectivity index (χ0) is 32.7. The fraction of sp³-hybridized carbons (Fsp3) is 0.375. The number of halogens is 6. The maximum atomic E-state index is 14.5. The molecule has 0 radical (unpaired) electrons. The largest absolute Gasteiger partial charge is 0.505 e. The lowest BCUT2D eigenvalue weighted by atomic mass is 10.0. The van der Waals surface area contributed by atoms with Crippen molar-refractivity contribution < 1.29 is 27.4 Å². The quantitative estimate of drug-likeness (QED) is 0.181. The highest BCUT2D eigenvalue weighted by Crippen LogP contribution is 2.35. The number of hydrogen-bond donors (Lipinski definition) is 1. The SMILES string of the molecule is O=c1c(-c2cc(O)c(F)cc2F)c(Cl)n2n1CCCC2.O=c1c(-c2cc(OC3C=CCCC3)c(F)cc2F)c(Cl)n2n1CCCC2. The van der Waals surface area contributed by atoms with Gasteiger partial charge in [0.25, 0.3) is 11.1 Å². The second kappa shape index (κ2) is 13.1. The number of aromatic hydroxyl groups is 1. The Hall–Kier alpha value is -3.90. The number of aromatic nitrogens is 4. The van der Waals surface area contributed by atoms with Gasteiger partial charge in [-0.15, -0.1) is 0 Å². The van der Waals surface area contributed by atoms with E-state index in [-0.39, 0.29) is 50.0 Å². The lowest BCUT2D eigenvalue weighted by molar-refractivity contribution is 0.219. The molecule has 4 aromatic rings. The summed E-state index contributed by atoms with van der Waals surface area (Å²) in [5, 5.41) is 9.66. The van der Waals surface area contributed by atoms with Gasteiger partial charge in [0.05, 0.1) is 11.1 Å². The van der Waals surface area contributed by atoms with Crippen LogP contribution in [0.5, 0.6) is 11.5 Å². The van der Waals surface area contributed by atoms with Crippen molar-refractivity contribution in [3.63, 3.8) is 0 Å². The predicted molar refractivity (Wildman–Crippen MR) is 166 cm³/mol. The Labute approximate surface area is 270 Å². The minimum absolute atomic E-state index is 0.0226. The van der Waals surface area contributed by atoms with Crippen LogP contribution in [0.3, 0.4) is 0 Å². The first-order valence-corrected chi connectivity index (χ1v) is 15.8. The molecule has 244 valence electrons. The number of phenolic OH excluding ortho intramolecular Hbond substituents is 1. The Morgan fingerprint density at radius 3 is 1.67 bits per heavy atom. The highest BCUT2D eigenvalue weighted by Gasteiger charge is 2.27. The molecule has 0 saturated heterocycles. The van der Waals surface area contributed by atoms with Crippen molar-refractivity contribution in [2.24, 2.45) is 0 Å². The van der Waals surface area contributed by atoms with Gasteiger partial charge in [0.2, 0.25) is 0 Å². The van der Waals surface area contributed by atoms with Crippen LogP contribution in [-0.4, -0.2) is 29.9 Å². The van der Waals surface area contributed by atoms with E-state index >= 15 is 0 Å². The molecule has 46 heavy (non-hydrogen) atoms. The van der Waals surface area contributed by atoms with Crippen LogP contribution < -0.4 is 15.9 Å². The average molecular weight is 682 g/mol. The highest BCUT2D eigenvalue weighted by atomic mass is 35.5. The summed E-state index contributed by atoms with van der Waals surface area (Å²) in [6, 6.07) is 3.44. The summed E-state index contributed by atoms with van der Waals surface area (Å²) < 4.78 is 67.6. The van der Waals surface area contributed by atoms with Gasteiger partial charge in [-0.2, -0.15) is 0 Å². The molecule has 1 atom stereocenters. The number of benzene rings is 2. The summed E-state index contributed by atoms with van der Waals surface area (Å²) in [4.78, 5) is 25.0. The number of rotatable bonds is 4. The first kappa shape index (κ1) is 32.1. The van der Waals surface area contributed by atoms with Gasteiger partial charge in [0, 0.05) is 49.4 Å². The van der Waals surface area contributed by atoms with Crippen molar-refractivity contribution in [3.05, 3.63) is 90.7 Å². The van der Waals surface area contributed by atoms with E-state index in [0.29, 0.717) is 32.2 Å². The van der Waals surface area contributed by atoms with Crippen LogP contribution >= 0.6 is 23.2 Å². The van der Waals surface area contributed by atoms with Crippen molar-refractivity contribution in [3.8, 4) is 33.8 Å². The van der Waals surface area contributed by atoms with E-state index in [1.165, 1.54) is 15.4 Å². The van der Waals surface area contributed by atoms with E-state index in [1.54, 1.807) is 9.36 Å². The smallest absolute Gasteiger partial charge is 0.276 e. The fourth-order valence-electron chi connectivity index (χ4n) is 6.09. The van der Waals surface area contributed by atoms with Gasteiger partial charge in [-0.05, 0) is 63.2 Å². The van der Waals surface area contributed by atoms with Crippen molar-refractivity contribution in [1.29, 1.82) is 0 Å². The lowest BCUT2D eigenvalue weighted by Gasteiger charge is -2.19. The number of phenols is 1. The van der Waals surface area contributed by atoms with E-state index in [2.05, 4.69) is 0 Å². The van der Waals surface area contributed by atoms with Crippen LogP contribution in [0.15, 0.2) is 46.0 Å². The van der Waals surface area contributed by atoms with Gasteiger partial charge in [0.1, 0.15) is 28.0 Å². The van der Waals surface area contributed by atoms with Crippen LogP contribution in [-0.2, 0) is 26.2 Å². The van der Waals surface area contributed by atoms with Gasteiger partial charge >= 0.3 is 0 Å². The topological polar surface area (TPSA) is 83.3 Å². The zero-order valence-electron chi connectivity index (χ0n) is 24.5. The van der Waals surface area contributed by atoms with Crippen molar-refractivity contribution in [2.45, 2.75) is 77.2 Å². The Morgan fingerprint density at radius 1 is 0.674 bits per heavy atom. The summed E-state index contributed by atoms with van der Waals surface area (Å²) in [7, 11) is 0. The second-order valence-corrected chi connectivity index (χ2v) is 12.1. The van der Waals surface area contributed by atoms with Crippen LogP contribution in [0.2, 0.25) is 10.3 Å². The van der Waals surface area contributed by atoms with E-state index < -0.39 is 34.6 Å². The van der Waals surface area contributed by atoms with Crippen LogP contribution in [0.1, 0.15) is 44.9 Å². The van der Waals surface area contributed by atoms with Gasteiger partial charge < -0.3 is 9.84 Å². The number of allylic oxidation sites excluding steroid dienone is 1. The summed E-state index contributed by atoms with van der Waals surface area (Å²) in [6.45, 7) is 2.22. The standard InChI is InChI=1S/C19H19ClF2N2O2.C13H11ClF2N2O2/c20-18-17(19(25)24-9-5-4-8-23(18)24)13-10-16(15(22)11-14(13)21)26-12-6-2-1-3-7-12;14-12-11(7-5-10(19)9(16)6-8(7)15)13(20)18-4-2-1-3-17(12)18/h2,6,10-12H,1,3-5,7-9H2;5-6,19H,1-4H2. The normalized spacial score (nSPS) is 17.2. The molecule has 0 saturated carbocycles. The summed E-state index contributed by atoms with van der Waals surface area (Å²) in [6.07, 6.45) is 9.81. The van der Waals surface area contributed by atoms with Gasteiger partial charge in [-0.3, -0.25) is 19.0 Å². The summed E-state index contributed by atoms with van der Waals surface area (Å²) in [5.41, 5.74) is -0.973. The molecular formula is C32H30Cl2F4N4O4. The number of hydrogen-bond acceptors (Lipinski definition) is 4. The molecule has 3 aliphatic rings. The minimum Gasteiger partial charge on any atom is -0.505 e. The third kappa shape index (κ3) is 5.88. The van der Waals surface area contributed by atoms with Gasteiger partial charge in [0.15, 0.2) is 23.1 Å². The summed E-state index contributed by atoms with van der Waals surface area (Å²) in [5.74, 6) is -4.40. The number of fused-ring (bicyclic) bond motifs is 2. The Morgan fingerprint density at radius 2 is 1.17 bits per heavy atom. The number of ether oxygens (including phenoxy) is 1. The highest BCUT2D eigenvalue weighted by molar-refractivity contribution is 6.32. The molecule has 0 spiro atoms. The van der Waals surface area contributed by atoms with E-state index in [9.17, 15) is 32.3 Å². The monoisotopic (exact) mass is 680 g/mol. The predicted octanol–water partition coefficient (Wildman–Crippen LogP) is 7.28. The molecule has 1 aliphatic carbocycles. The molecular weight excluding hydrogens is 651 g/mol. The van der Waals surface area contributed by atoms with E-state index in [0.717, 1.165) is 57.1 Å². The van der Waals surface area contributed by atoms with Crippen molar-refractivity contribution in [1.82, 2.24) is 18.7 Å². The van der Waals surface area contributed by atoms with Crippen molar-refractivity contribution in [2.75, 3.05) is 0 Å². The molecule has 2 aromatic carbocycles. The average Bonchev–Trinajstić information content (AvgIpc) is 3.45. The van der Waals surface area contributed by atoms with Crippen molar-refractivity contribution >= 4 is 23.2 Å². The molecule has 2 aromatic heterocycles. The maximum absolute atomic E-state index is 14.5. The first-order chi connectivity index (χ1) is 22.1. The molecule has 0 amide bonds. The van der Waals surface area contributed by atoms with Crippen LogP contribution in [0.25, 0.3) is 22.3 Å². The molecule has 1 N–H and O–H groups in total. The fourth-order valence-corrected chi connectivity index (χ4v) is 6.80. The molecule has 1 unspecified atom stereocenters.